The van der Waals surface area contributed by atoms with E-state index in [1.807, 2.05) is 6.07 Å². The lowest BCUT2D eigenvalue weighted by atomic mass is 9.95. The first-order valence-corrected chi connectivity index (χ1v) is 5.50. The summed E-state index contributed by atoms with van der Waals surface area (Å²) < 4.78 is 11.0. The molecule has 0 aromatic carbocycles. The lowest BCUT2D eigenvalue weighted by Crippen LogP contribution is -1.99. The van der Waals surface area contributed by atoms with E-state index in [4.69, 9.17) is 8.83 Å². The Bertz CT molecular complexity index is 463. The van der Waals surface area contributed by atoms with Crippen LogP contribution in [-0.4, -0.2) is 0 Å². The molecule has 0 atom stereocenters. The summed E-state index contributed by atoms with van der Waals surface area (Å²) in [5.74, 6) is 2.19. The second-order valence-electron chi connectivity index (χ2n) is 4.18. The van der Waals surface area contributed by atoms with Gasteiger partial charge < -0.3 is 8.83 Å². The normalized spacial score (nSPS) is 15.3. The van der Waals surface area contributed by atoms with Crippen LogP contribution >= 0.6 is 0 Å². The van der Waals surface area contributed by atoms with Crippen molar-refractivity contribution in [2.24, 2.45) is 0 Å². The Morgan fingerprint density at radius 1 is 1.20 bits per heavy atom. The van der Waals surface area contributed by atoms with Gasteiger partial charge in [-0.05, 0) is 43.4 Å². The van der Waals surface area contributed by atoms with Crippen LogP contribution in [-0.2, 0) is 12.8 Å². The predicted molar refractivity (Wildman–Crippen MR) is 57.8 cm³/mol. The lowest BCUT2D eigenvalue weighted by molar-refractivity contribution is 0.486. The highest BCUT2D eigenvalue weighted by molar-refractivity contribution is 5.62. The fraction of sp³-hybridized carbons (Fsp3) is 0.385. The van der Waals surface area contributed by atoms with Gasteiger partial charge in [0.15, 0.2) is 0 Å². The summed E-state index contributed by atoms with van der Waals surface area (Å²) in [6.45, 7) is 2.15. The zero-order valence-electron chi connectivity index (χ0n) is 8.88. The quantitative estimate of drug-likeness (QED) is 0.704. The van der Waals surface area contributed by atoms with Crippen molar-refractivity contribution in [1.29, 1.82) is 0 Å². The summed E-state index contributed by atoms with van der Waals surface area (Å²) in [6.07, 6.45) is 8.24. The average Bonchev–Trinajstić information content (AvgIpc) is 2.87. The van der Waals surface area contributed by atoms with Gasteiger partial charge in [-0.1, -0.05) is 0 Å². The summed E-state index contributed by atoms with van der Waals surface area (Å²) in [6, 6.07) is 1.96. The molecular formula is C13H14O2. The maximum Gasteiger partial charge on any atom is 0.140 e. The standard InChI is InChI=1S/C13H14O2/c1-9-11-4-2-3-5-12(11)15-13(9)10-6-7-14-8-10/h6-8H,2-5H2,1H3. The van der Waals surface area contributed by atoms with E-state index in [0.29, 0.717) is 0 Å². The Labute approximate surface area is 88.9 Å². The van der Waals surface area contributed by atoms with Crippen LogP contribution in [0, 0.1) is 6.92 Å². The van der Waals surface area contributed by atoms with E-state index in [2.05, 4.69) is 6.92 Å². The fourth-order valence-electron chi connectivity index (χ4n) is 2.39. The van der Waals surface area contributed by atoms with Crippen molar-refractivity contribution in [3.05, 3.63) is 35.5 Å². The third kappa shape index (κ3) is 1.32. The van der Waals surface area contributed by atoms with Crippen LogP contribution in [0.1, 0.15) is 29.7 Å². The zero-order chi connectivity index (χ0) is 10.3. The predicted octanol–water partition coefficient (Wildman–Crippen LogP) is 3.73. The minimum absolute atomic E-state index is 0.996. The smallest absolute Gasteiger partial charge is 0.140 e. The molecule has 0 radical (unpaired) electrons. The van der Waals surface area contributed by atoms with E-state index < -0.39 is 0 Å². The van der Waals surface area contributed by atoms with Crippen LogP contribution < -0.4 is 0 Å². The minimum Gasteiger partial charge on any atom is -0.472 e. The van der Waals surface area contributed by atoms with Crippen molar-refractivity contribution >= 4 is 0 Å². The van der Waals surface area contributed by atoms with Gasteiger partial charge >= 0.3 is 0 Å². The molecule has 1 aliphatic carbocycles. The SMILES string of the molecule is Cc1c(-c2ccoc2)oc2c1CCCC2. The zero-order valence-corrected chi connectivity index (χ0v) is 8.88. The summed E-state index contributed by atoms with van der Waals surface area (Å²) >= 11 is 0. The molecule has 0 fully saturated rings. The average molecular weight is 202 g/mol. The largest absolute Gasteiger partial charge is 0.472 e. The number of hydrogen-bond acceptors (Lipinski definition) is 2. The van der Waals surface area contributed by atoms with Crippen molar-refractivity contribution in [2.45, 2.75) is 32.6 Å². The van der Waals surface area contributed by atoms with Gasteiger partial charge in [-0.25, -0.2) is 0 Å². The Morgan fingerprint density at radius 3 is 2.80 bits per heavy atom. The van der Waals surface area contributed by atoms with E-state index in [-0.39, 0.29) is 0 Å². The molecule has 0 N–H and O–H groups in total. The van der Waals surface area contributed by atoms with Crippen LogP contribution in [0.25, 0.3) is 11.3 Å². The lowest BCUT2D eigenvalue weighted by Gasteiger charge is -2.08. The molecule has 2 nitrogen and oxygen atoms in total. The second kappa shape index (κ2) is 3.30. The van der Waals surface area contributed by atoms with Crippen LogP contribution in [0.5, 0.6) is 0 Å². The van der Waals surface area contributed by atoms with Crippen LogP contribution in [0.2, 0.25) is 0 Å². The van der Waals surface area contributed by atoms with Crippen LogP contribution in [0.15, 0.2) is 27.4 Å². The Morgan fingerprint density at radius 2 is 2.07 bits per heavy atom. The molecule has 0 aliphatic heterocycles. The van der Waals surface area contributed by atoms with Gasteiger partial charge in [0.25, 0.3) is 0 Å². The Hall–Kier alpha value is -1.44. The summed E-state index contributed by atoms with van der Waals surface area (Å²) in [5, 5.41) is 0. The first kappa shape index (κ1) is 8.84. The molecule has 2 aromatic rings. The molecule has 78 valence electrons. The van der Waals surface area contributed by atoms with Crippen molar-refractivity contribution < 1.29 is 8.83 Å². The maximum atomic E-state index is 5.92. The molecule has 0 unspecified atom stereocenters. The van der Waals surface area contributed by atoms with Crippen molar-refractivity contribution in [3.8, 4) is 11.3 Å². The van der Waals surface area contributed by atoms with Crippen LogP contribution in [0.3, 0.4) is 0 Å². The number of hydrogen-bond donors (Lipinski definition) is 0. The van der Waals surface area contributed by atoms with Crippen molar-refractivity contribution in [1.82, 2.24) is 0 Å². The van der Waals surface area contributed by atoms with E-state index in [9.17, 15) is 0 Å². The van der Waals surface area contributed by atoms with E-state index in [1.165, 1.54) is 36.1 Å². The Balaban J connectivity index is 2.13. The van der Waals surface area contributed by atoms with Gasteiger partial charge in [0, 0.05) is 6.42 Å². The van der Waals surface area contributed by atoms with Gasteiger partial charge in [-0.3, -0.25) is 0 Å². The third-order valence-electron chi connectivity index (χ3n) is 3.22. The van der Waals surface area contributed by atoms with Gasteiger partial charge in [0.05, 0.1) is 11.8 Å². The molecule has 0 spiro atoms. The summed E-state index contributed by atoms with van der Waals surface area (Å²) in [7, 11) is 0. The van der Waals surface area contributed by atoms with Crippen molar-refractivity contribution in [3.63, 3.8) is 0 Å². The summed E-state index contributed by atoms with van der Waals surface area (Å²) in [4.78, 5) is 0. The molecule has 15 heavy (non-hydrogen) atoms. The fourth-order valence-corrected chi connectivity index (χ4v) is 2.39. The van der Waals surface area contributed by atoms with Gasteiger partial charge in [0.1, 0.15) is 17.8 Å². The van der Waals surface area contributed by atoms with Gasteiger partial charge in [-0.15, -0.1) is 0 Å². The second-order valence-corrected chi connectivity index (χ2v) is 4.18. The van der Waals surface area contributed by atoms with E-state index in [0.717, 1.165) is 17.7 Å². The van der Waals surface area contributed by atoms with Gasteiger partial charge in [-0.2, -0.15) is 0 Å². The number of aryl methyl sites for hydroxylation is 1. The molecule has 2 aromatic heterocycles. The molecule has 0 saturated heterocycles. The highest BCUT2D eigenvalue weighted by Crippen LogP contribution is 2.35. The van der Waals surface area contributed by atoms with Crippen LogP contribution in [0.4, 0.5) is 0 Å². The van der Waals surface area contributed by atoms with Gasteiger partial charge in [0.2, 0.25) is 0 Å². The molecule has 0 saturated carbocycles. The molecular weight excluding hydrogens is 188 g/mol. The number of fused-ring (bicyclic) bond motifs is 1. The minimum atomic E-state index is 0.996. The highest BCUT2D eigenvalue weighted by Gasteiger charge is 2.20. The first-order valence-electron chi connectivity index (χ1n) is 5.50. The molecule has 1 aliphatic rings. The maximum absolute atomic E-state index is 5.92. The Kier molecular flexibility index (Phi) is 1.94. The monoisotopic (exact) mass is 202 g/mol. The molecule has 3 rings (SSSR count). The number of furan rings is 2. The molecule has 2 heterocycles. The number of rotatable bonds is 1. The first-order chi connectivity index (χ1) is 7.36. The third-order valence-corrected chi connectivity index (χ3v) is 3.22. The molecule has 0 bridgehead atoms. The molecule has 2 heteroatoms. The van der Waals surface area contributed by atoms with Crippen molar-refractivity contribution in [2.75, 3.05) is 0 Å². The van der Waals surface area contributed by atoms with E-state index >= 15 is 0 Å². The highest BCUT2D eigenvalue weighted by atomic mass is 16.3. The molecule has 0 amide bonds. The summed E-state index contributed by atoms with van der Waals surface area (Å²) in [5.41, 5.74) is 3.78. The van der Waals surface area contributed by atoms with E-state index in [1.54, 1.807) is 12.5 Å². The topological polar surface area (TPSA) is 26.3 Å².